The second-order valence-electron chi connectivity index (χ2n) is 4.03. The lowest BCUT2D eigenvalue weighted by atomic mass is 9.94. The Labute approximate surface area is 106 Å². The zero-order valence-corrected chi connectivity index (χ0v) is 11.5. The van der Waals surface area contributed by atoms with E-state index in [0.29, 0.717) is 6.61 Å². The molecule has 98 valence electrons. The first-order chi connectivity index (χ1) is 8.16. The van der Waals surface area contributed by atoms with Crippen molar-refractivity contribution >= 4 is 0 Å². The highest BCUT2D eigenvalue weighted by Gasteiger charge is 2.31. The smallest absolute Gasteiger partial charge is 0.134 e. The summed E-state index contributed by atoms with van der Waals surface area (Å²) in [4.78, 5) is 0. The first-order valence-corrected chi connectivity index (χ1v) is 6.39. The number of aliphatic hydroxyl groups excluding tert-OH is 1. The van der Waals surface area contributed by atoms with Crippen molar-refractivity contribution < 1.29 is 9.84 Å². The minimum atomic E-state index is -0.731. The molecule has 2 heteroatoms. The van der Waals surface area contributed by atoms with Crippen molar-refractivity contribution in [3.05, 3.63) is 36.5 Å². The summed E-state index contributed by atoms with van der Waals surface area (Å²) in [6.45, 7) is 8.54. The Hall–Kier alpha value is -0.860. The normalized spacial score (nSPS) is 18.2. The van der Waals surface area contributed by atoms with Crippen LogP contribution >= 0.6 is 0 Å². The van der Waals surface area contributed by atoms with E-state index < -0.39 is 11.7 Å². The highest BCUT2D eigenvalue weighted by molar-refractivity contribution is 5.21. The fourth-order valence-corrected chi connectivity index (χ4v) is 1.68. The molecule has 0 saturated carbocycles. The molecule has 17 heavy (non-hydrogen) atoms. The third-order valence-corrected chi connectivity index (χ3v) is 2.54. The van der Waals surface area contributed by atoms with Crippen molar-refractivity contribution in [2.45, 2.75) is 52.2 Å². The maximum absolute atomic E-state index is 10.2. The molecule has 0 aliphatic rings. The maximum atomic E-state index is 10.2. The predicted molar refractivity (Wildman–Crippen MR) is 74.0 cm³/mol. The van der Waals surface area contributed by atoms with E-state index in [-0.39, 0.29) is 0 Å². The molecule has 0 fully saturated rings. The molecule has 0 spiro atoms. The van der Waals surface area contributed by atoms with Crippen LogP contribution in [0, 0.1) is 0 Å². The zero-order chi connectivity index (χ0) is 13.1. The Morgan fingerprint density at radius 2 is 1.71 bits per heavy atom. The van der Waals surface area contributed by atoms with Gasteiger partial charge >= 0.3 is 0 Å². The first kappa shape index (κ1) is 16.1. The highest BCUT2D eigenvalue weighted by atomic mass is 16.5. The van der Waals surface area contributed by atoms with Gasteiger partial charge in [-0.2, -0.15) is 0 Å². The molecule has 0 aliphatic heterocycles. The topological polar surface area (TPSA) is 29.5 Å². The number of unbranched alkanes of at least 4 members (excludes halogenated alkanes) is 1. The average Bonchev–Trinajstić information content (AvgIpc) is 2.30. The van der Waals surface area contributed by atoms with E-state index in [1.807, 2.05) is 51.2 Å². The Morgan fingerprint density at radius 3 is 2.12 bits per heavy atom. The van der Waals surface area contributed by atoms with Crippen LogP contribution in [0.2, 0.25) is 0 Å². The van der Waals surface area contributed by atoms with E-state index in [4.69, 9.17) is 4.74 Å². The van der Waals surface area contributed by atoms with Crippen LogP contribution < -0.4 is 0 Å². The molecule has 2 nitrogen and oxygen atoms in total. The minimum absolute atomic E-state index is 0.653. The summed E-state index contributed by atoms with van der Waals surface area (Å²) in [7, 11) is 0. The molecule has 1 atom stereocenters. The molecule has 0 aromatic carbocycles. The minimum Gasteiger partial charge on any atom is -0.385 e. The van der Waals surface area contributed by atoms with Crippen LogP contribution in [0.25, 0.3) is 0 Å². The molecule has 1 unspecified atom stereocenters. The van der Waals surface area contributed by atoms with Crippen molar-refractivity contribution in [1.29, 1.82) is 0 Å². The third-order valence-electron chi connectivity index (χ3n) is 2.54. The Morgan fingerprint density at radius 1 is 1.12 bits per heavy atom. The van der Waals surface area contributed by atoms with Gasteiger partial charge in [0.05, 0.1) is 0 Å². The summed E-state index contributed by atoms with van der Waals surface area (Å²) >= 11 is 0. The second-order valence-corrected chi connectivity index (χ2v) is 4.03. The van der Waals surface area contributed by atoms with E-state index in [0.717, 1.165) is 12.8 Å². The summed E-state index contributed by atoms with van der Waals surface area (Å²) in [5, 5.41) is 10.2. The van der Waals surface area contributed by atoms with E-state index in [2.05, 4.69) is 6.92 Å². The number of rotatable bonds is 8. The number of hydrogen-bond donors (Lipinski definition) is 1. The van der Waals surface area contributed by atoms with Crippen LogP contribution in [-0.2, 0) is 4.74 Å². The van der Waals surface area contributed by atoms with Gasteiger partial charge in [0.2, 0.25) is 0 Å². The standard InChI is InChI=1S/C15H26O2/c1-5-9-13-17-15(11-7-3,12-8-4)14(16)10-6-2/h6-8,10-12,14,16H,5,9,13H2,1-4H3. The van der Waals surface area contributed by atoms with Gasteiger partial charge in [-0.15, -0.1) is 0 Å². The van der Waals surface area contributed by atoms with Gasteiger partial charge < -0.3 is 9.84 Å². The van der Waals surface area contributed by atoms with Crippen molar-refractivity contribution in [3.63, 3.8) is 0 Å². The molecule has 0 radical (unpaired) electrons. The molecule has 0 bridgehead atoms. The number of allylic oxidation sites excluding steroid dienone is 3. The monoisotopic (exact) mass is 238 g/mol. The Kier molecular flexibility index (Phi) is 8.73. The van der Waals surface area contributed by atoms with Crippen molar-refractivity contribution in [2.75, 3.05) is 6.61 Å². The van der Waals surface area contributed by atoms with Gasteiger partial charge in [0.1, 0.15) is 11.7 Å². The lowest BCUT2D eigenvalue weighted by Gasteiger charge is -2.31. The van der Waals surface area contributed by atoms with Gasteiger partial charge in [-0.05, 0) is 27.2 Å². The van der Waals surface area contributed by atoms with Crippen molar-refractivity contribution in [1.82, 2.24) is 0 Å². The molecule has 0 heterocycles. The number of ether oxygens (including phenoxy) is 1. The molecular formula is C15H26O2. The molecular weight excluding hydrogens is 212 g/mol. The summed E-state index contributed by atoms with van der Waals surface area (Å²) < 4.78 is 5.89. The second kappa shape index (κ2) is 9.20. The van der Waals surface area contributed by atoms with Gasteiger partial charge in [-0.3, -0.25) is 0 Å². The zero-order valence-electron chi connectivity index (χ0n) is 11.5. The van der Waals surface area contributed by atoms with Gasteiger partial charge in [-0.1, -0.05) is 49.8 Å². The fraction of sp³-hybridized carbons (Fsp3) is 0.600. The van der Waals surface area contributed by atoms with E-state index in [1.165, 1.54) is 0 Å². The third kappa shape index (κ3) is 5.33. The quantitative estimate of drug-likeness (QED) is 0.517. The SMILES string of the molecule is CC=CC(O)C(C=CC)(C=CC)OCCCC. The largest absolute Gasteiger partial charge is 0.385 e. The van der Waals surface area contributed by atoms with Crippen LogP contribution in [0.5, 0.6) is 0 Å². The van der Waals surface area contributed by atoms with E-state index in [9.17, 15) is 5.11 Å². The molecule has 0 aliphatic carbocycles. The Bertz CT molecular complexity index is 252. The Balaban J connectivity index is 4.97. The molecule has 1 N–H and O–H groups in total. The predicted octanol–water partition coefficient (Wildman–Crippen LogP) is 3.63. The van der Waals surface area contributed by atoms with Crippen LogP contribution in [0.4, 0.5) is 0 Å². The molecule has 0 amide bonds. The summed E-state index contributed by atoms with van der Waals surface area (Å²) in [5.41, 5.74) is -0.731. The van der Waals surface area contributed by atoms with Gasteiger partial charge in [0.25, 0.3) is 0 Å². The summed E-state index contributed by atoms with van der Waals surface area (Å²) in [5.74, 6) is 0. The van der Waals surface area contributed by atoms with Crippen LogP contribution in [0.15, 0.2) is 36.5 Å². The number of hydrogen-bond acceptors (Lipinski definition) is 2. The average molecular weight is 238 g/mol. The van der Waals surface area contributed by atoms with Gasteiger partial charge in [0, 0.05) is 6.61 Å². The maximum Gasteiger partial charge on any atom is 0.134 e. The van der Waals surface area contributed by atoms with E-state index >= 15 is 0 Å². The highest BCUT2D eigenvalue weighted by Crippen LogP contribution is 2.22. The summed E-state index contributed by atoms with van der Waals surface area (Å²) in [6.07, 6.45) is 12.7. The lowest BCUT2D eigenvalue weighted by molar-refractivity contribution is -0.0431. The number of aliphatic hydroxyl groups is 1. The molecule has 0 rings (SSSR count). The van der Waals surface area contributed by atoms with Crippen LogP contribution in [0.1, 0.15) is 40.5 Å². The summed E-state index contributed by atoms with van der Waals surface area (Å²) in [6, 6.07) is 0. The molecule has 0 aromatic heterocycles. The van der Waals surface area contributed by atoms with Gasteiger partial charge in [-0.25, -0.2) is 0 Å². The van der Waals surface area contributed by atoms with Gasteiger partial charge in [0.15, 0.2) is 0 Å². The molecule has 0 saturated heterocycles. The van der Waals surface area contributed by atoms with Crippen LogP contribution in [0.3, 0.4) is 0 Å². The molecule has 0 aromatic rings. The lowest BCUT2D eigenvalue weighted by Crippen LogP contribution is -2.40. The van der Waals surface area contributed by atoms with E-state index in [1.54, 1.807) is 6.08 Å². The van der Waals surface area contributed by atoms with Crippen LogP contribution in [-0.4, -0.2) is 23.4 Å². The first-order valence-electron chi connectivity index (χ1n) is 6.39. The van der Waals surface area contributed by atoms with Crippen molar-refractivity contribution in [2.24, 2.45) is 0 Å². The van der Waals surface area contributed by atoms with Crippen molar-refractivity contribution in [3.8, 4) is 0 Å². The fourth-order valence-electron chi connectivity index (χ4n) is 1.68.